The Labute approximate surface area is 163 Å². The van der Waals surface area contributed by atoms with Gasteiger partial charge in [0.25, 0.3) is 11.6 Å². The molecule has 2 aromatic rings. The standard InChI is InChI=1S/C20H23N3O5/c1-5-14-6-9-16(10-7-14)21-19(24)13(2)28-20(25)15-8-11-17(22(3)4)18(12-15)23(26)27/h6-13H,5H2,1-4H3,(H,21,24)/t13-/m1/s1. The number of nitro benzene ring substituents is 1. The van der Waals surface area contributed by atoms with E-state index in [1.54, 1.807) is 31.1 Å². The van der Waals surface area contributed by atoms with E-state index in [4.69, 9.17) is 4.74 Å². The maximum absolute atomic E-state index is 12.3. The van der Waals surface area contributed by atoms with Crippen molar-refractivity contribution in [3.05, 3.63) is 63.7 Å². The van der Waals surface area contributed by atoms with Crippen molar-refractivity contribution in [3.8, 4) is 0 Å². The highest BCUT2D eigenvalue weighted by atomic mass is 16.6. The number of carbonyl (C=O) groups is 2. The van der Waals surface area contributed by atoms with E-state index < -0.39 is 22.9 Å². The molecule has 0 bridgehead atoms. The fraction of sp³-hybridized carbons (Fsp3) is 0.300. The molecule has 2 rings (SSSR count). The van der Waals surface area contributed by atoms with Crippen molar-refractivity contribution in [2.45, 2.75) is 26.4 Å². The van der Waals surface area contributed by atoms with Gasteiger partial charge in [-0.2, -0.15) is 0 Å². The van der Waals surface area contributed by atoms with Gasteiger partial charge in [-0.05, 0) is 43.2 Å². The van der Waals surface area contributed by atoms with Gasteiger partial charge < -0.3 is 15.0 Å². The van der Waals surface area contributed by atoms with Gasteiger partial charge in [-0.1, -0.05) is 19.1 Å². The van der Waals surface area contributed by atoms with Gasteiger partial charge in [0.1, 0.15) is 5.69 Å². The minimum Gasteiger partial charge on any atom is -0.449 e. The summed E-state index contributed by atoms with van der Waals surface area (Å²) in [5.74, 6) is -1.30. The third-order valence-corrected chi connectivity index (χ3v) is 4.17. The summed E-state index contributed by atoms with van der Waals surface area (Å²) in [6.07, 6.45) is -0.174. The molecular formula is C20H23N3O5. The van der Waals surface area contributed by atoms with E-state index in [9.17, 15) is 19.7 Å². The lowest BCUT2D eigenvalue weighted by molar-refractivity contribution is -0.384. The van der Waals surface area contributed by atoms with Crippen LogP contribution >= 0.6 is 0 Å². The van der Waals surface area contributed by atoms with Crippen LogP contribution in [0.2, 0.25) is 0 Å². The van der Waals surface area contributed by atoms with Crippen LogP contribution in [0.5, 0.6) is 0 Å². The molecule has 1 atom stereocenters. The molecule has 0 radical (unpaired) electrons. The van der Waals surface area contributed by atoms with Crippen molar-refractivity contribution in [2.75, 3.05) is 24.3 Å². The van der Waals surface area contributed by atoms with Gasteiger partial charge in [0.05, 0.1) is 10.5 Å². The summed E-state index contributed by atoms with van der Waals surface area (Å²) in [6.45, 7) is 3.47. The molecule has 0 saturated heterocycles. The first-order chi connectivity index (χ1) is 13.2. The van der Waals surface area contributed by atoms with E-state index in [0.29, 0.717) is 11.4 Å². The maximum atomic E-state index is 12.3. The molecule has 148 valence electrons. The topological polar surface area (TPSA) is 102 Å². The van der Waals surface area contributed by atoms with Crippen LogP contribution in [0.15, 0.2) is 42.5 Å². The summed E-state index contributed by atoms with van der Waals surface area (Å²) < 4.78 is 5.16. The highest BCUT2D eigenvalue weighted by Crippen LogP contribution is 2.28. The molecule has 0 unspecified atom stereocenters. The van der Waals surface area contributed by atoms with Crippen molar-refractivity contribution in [1.29, 1.82) is 0 Å². The number of hydrogen-bond donors (Lipinski definition) is 1. The smallest absolute Gasteiger partial charge is 0.339 e. The van der Waals surface area contributed by atoms with Crippen LogP contribution in [-0.4, -0.2) is 37.0 Å². The van der Waals surface area contributed by atoms with E-state index >= 15 is 0 Å². The molecular weight excluding hydrogens is 362 g/mol. The minimum absolute atomic E-state index is 0.00393. The average Bonchev–Trinajstić information content (AvgIpc) is 2.67. The lowest BCUT2D eigenvalue weighted by atomic mass is 10.1. The molecule has 2 aromatic carbocycles. The summed E-state index contributed by atoms with van der Waals surface area (Å²) in [4.78, 5) is 36.8. The zero-order valence-electron chi connectivity index (χ0n) is 16.3. The van der Waals surface area contributed by atoms with E-state index in [1.165, 1.54) is 19.1 Å². The largest absolute Gasteiger partial charge is 0.449 e. The summed E-state index contributed by atoms with van der Waals surface area (Å²) in [7, 11) is 3.33. The van der Waals surface area contributed by atoms with Gasteiger partial charge in [-0.15, -0.1) is 0 Å². The SMILES string of the molecule is CCc1ccc(NC(=O)[C@@H](C)OC(=O)c2ccc(N(C)C)c([N+](=O)[O-])c2)cc1. The maximum Gasteiger partial charge on any atom is 0.339 e. The summed E-state index contributed by atoms with van der Waals surface area (Å²) in [5, 5.41) is 13.9. The molecule has 0 aliphatic heterocycles. The number of nitro groups is 1. The van der Waals surface area contributed by atoms with E-state index in [-0.39, 0.29) is 11.3 Å². The number of ether oxygens (including phenoxy) is 1. The number of hydrogen-bond acceptors (Lipinski definition) is 6. The number of amides is 1. The van der Waals surface area contributed by atoms with Crippen LogP contribution in [0.3, 0.4) is 0 Å². The van der Waals surface area contributed by atoms with E-state index in [0.717, 1.165) is 18.1 Å². The third kappa shape index (κ3) is 5.06. The molecule has 0 saturated carbocycles. The Morgan fingerprint density at radius 1 is 1.18 bits per heavy atom. The fourth-order valence-electron chi connectivity index (χ4n) is 2.52. The van der Waals surface area contributed by atoms with Gasteiger partial charge in [0, 0.05) is 25.8 Å². The molecule has 0 aliphatic rings. The van der Waals surface area contributed by atoms with Crippen molar-refractivity contribution in [1.82, 2.24) is 0 Å². The van der Waals surface area contributed by atoms with Crippen LogP contribution in [0, 0.1) is 10.1 Å². The molecule has 0 aliphatic carbocycles. The normalized spacial score (nSPS) is 11.4. The summed E-state index contributed by atoms with van der Waals surface area (Å²) >= 11 is 0. The number of benzene rings is 2. The second-order valence-corrected chi connectivity index (χ2v) is 6.44. The van der Waals surface area contributed by atoms with Crippen molar-refractivity contribution >= 4 is 28.9 Å². The molecule has 8 nitrogen and oxygen atoms in total. The lowest BCUT2D eigenvalue weighted by Crippen LogP contribution is -2.30. The first-order valence-electron chi connectivity index (χ1n) is 8.79. The van der Waals surface area contributed by atoms with Crippen LogP contribution in [0.25, 0.3) is 0 Å². The number of nitrogens with one attached hydrogen (secondary N) is 1. The van der Waals surface area contributed by atoms with Gasteiger partial charge in [-0.25, -0.2) is 4.79 Å². The van der Waals surface area contributed by atoms with Crippen LogP contribution < -0.4 is 10.2 Å². The number of rotatable bonds is 7. The van der Waals surface area contributed by atoms with Gasteiger partial charge in [-0.3, -0.25) is 14.9 Å². The number of nitrogens with zero attached hydrogens (tertiary/aromatic N) is 2. The van der Waals surface area contributed by atoms with E-state index in [1.807, 2.05) is 19.1 Å². The van der Waals surface area contributed by atoms with Crippen LogP contribution in [-0.2, 0) is 16.0 Å². The molecule has 8 heteroatoms. The lowest BCUT2D eigenvalue weighted by Gasteiger charge is -2.15. The highest BCUT2D eigenvalue weighted by Gasteiger charge is 2.23. The molecule has 0 fully saturated rings. The Kier molecular flexibility index (Phi) is 6.70. The van der Waals surface area contributed by atoms with Gasteiger partial charge in [0.15, 0.2) is 6.10 Å². The van der Waals surface area contributed by atoms with Crippen molar-refractivity contribution < 1.29 is 19.2 Å². The highest BCUT2D eigenvalue weighted by molar-refractivity contribution is 5.97. The Bertz CT molecular complexity index is 878. The monoisotopic (exact) mass is 385 g/mol. The predicted octanol–water partition coefficient (Wildman–Crippen LogP) is 3.41. The Morgan fingerprint density at radius 2 is 1.82 bits per heavy atom. The molecule has 0 heterocycles. The average molecular weight is 385 g/mol. The molecule has 0 spiro atoms. The molecule has 1 amide bonds. The summed E-state index contributed by atoms with van der Waals surface area (Å²) in [5.41, 5.74) is 1.89. The zero-order valence-corrected chi connectivity index (χ0v) is 16.3. The first-order valence-corrected chi connectivity index (χ1v) is 8.79. The van der Waals surface area contributed by atoms with Crippen molar-refractivity contribution in [3.63, 3.8) is 0 Å². The second kappa shape index (κ2) is 8.98. The fourth-order valence-corrected chi connectivity index (χ4v) is 2.52. The quantitative estimate of drug-likeness (QED) is 0.445. The van der Waals surface area contributed by atoms with Gasteiger partial charge in [0.2, 0.25) is 0 Å². The van der Waals surface area contributed by atoms with Crippen molar-refractivity contribution in [2.24, 2.45) is 0 Å². The van der Waals surface area contributed by atoms with Gasteiger partial charge >= 0.3 is 5.97 Å². The van der Waals surface area contributed by atoms with E-state index in [2.05, 4.69) is 5.32 Å². The number of esters is 1. The second-order valence-electron chi connectivity index (χ2n) is 6.44. The Morgan fingerprint density at radius 3 is 2.36 bits per heavy atom. The Balaban J connectivity index is 2.07. The predicted molar refractivity (Wildman–Crippen MR) is 107 cm³/mol. The zero-order chi connectivity index (χ0) is 20.8. The first kappa shape index (κ1) is 20.9. The molecule has 28 heavy (non-hydrogen) atoms. The minimum atomic E-state index is -1.06. The number of carbonyl (C=O) groups excluding carboxylic acids is 2. The third-order valence-electron chi connectivity index (χ3n) is 4.17. The van der Waals surface area contributed by atoms with Crippen LogP contribution in [0.4, 0.5) is 17.1 Å². The Hall–Kier alpha value is -3.42. The number of aryl methyl sites for hydroxylation is 1. The number of anilines is 2. The molecule has 1 N–H and O–H groups in total. The molecule has 0 aromatic heterocycles. The van der Waals surface area contributed by atoms with Crippen LogP contribution in [0.1, 0.15) is 29.8 Å². The summed E-state index contributed by atoms with van der Waals surface area (Å²) in [6, 6.07) is 11.4.